The zero-order chi connectivity index (χ0) is 13.4. The fraction of sp³-hybridized carbons (Fsp3) is 0.200. The van der Waals surface area contributed by atoms with Gasteiger partial charge in [0.1, 0.15) is 11.6 Å². The summed E-state index contributed by atoms with van der Waals surface area (Å²) in [6.07, 6.45) is 0. The van der Waals surface area contributed by atoms with Crippen LogP contribution < -0.4 is 15.4 Å². The highest BCUT2D eigenvalue weighted by Crippen LogP contribution is 2.35. The van der Waals surface area contributed by atoms with Crippen molar-refractivity contribution in [2.24, 2.45) is 0 Å². The van der Waals surface area contributed by atoms with E-state index in [1.807, 2.05) is 18.2 Å². The Morgan fingerprint density at radius 3 is 2.68 bits per heavy atom. The van der Waals surface area contributed by atoms with Gasteiger partial charge in [-0.05, 0) is 35.4 Å². The van der Waals surface area contributed by atoms with Gasteiger partial charge in [-0.15, -0.1) is 0 Å². The van der Waals surface area contributed by atoms with Crippen LogP contribution in [0, 0.1) is 5.82 Å². The molecule has 0 spiro atoms. The van der Waals surface area contributed by atoms with Gasteiger partial charge >= 0.3 is 0 Å². The van der Waals surface area contributed by atoms with Crippen LogP contribution in [-0.2, 0) is 13.1 Å². The van der Waals surface area contributed by atoms with Gasteiger partial charge in [0.25, 0.3) is 0 Å². The van der Waals surface area contributed by atoms with E-state index in [0.29, 0.717) is 5.75 Å². The molecule has 4 heteroatoms. The number of nitrogens with two attached hydrogens (primary N) is 1. The Hall–Kier alpha value is -2.23. The second kappa shape index (κ2) is 4.46. The maximum absolute atomic E-state index is 13.2. The zero-order valence-corrected chi connectivity index (χ0v) is 10.7. The van der Waals surface area contributed by atoms with Gasteiger partial charge in [0.05, 0.1) is 12.8 Å². The minimum Gasteiger partial charge on any atom is -0.494 e. The van der Waals surface area contributed by atoms with Gasteiger partial charge in [0.15, 0.2) is 0 Å². The number of hydrogen-bond acceptors (Lipinski definition) is 3. The van der Waals surface area contributed by atoms with Crippen LogP contribution in [0.2, 0.25) is 0 Å². The first kappa shape index (κ1) is 11.8. The lowest BCUT2D eigenvalue weighted by atomic mass is 10.1. The minimum atomic E-state index is -0.290. The van der Waals surface area contributed by atoms with Crippen LogP contribution in [0.15, 0.2) is 36.4 Å². The number of fused-ring (bicyclic) bond motifs is 1. The van der Waals surface area contributed by atoms with Gasteiger partial charge in [-0.25, -0.2) is 4.39 Å². The third-order valence-corrected chi connectivity index (χ3v) is 3.44. The molecule has 0 aliphatic carbocycles. The largest absolute Gasteiger partial charge is 0.494 e. The molecule has 1 heterocycles. The van der Waals surface area contributed by atoms with Crippen LogP contribution >= 0.6 is 0 Å². The van der Waals surface area contributed by atoms with Crippen molar-refractivity contribution >= 4 is 11.4 Å². The fourth-order valence-corrected chi connectivity index (χ4v) is 2.50. The maximum Gasteiger partial charge on any atom is 0.145 e. The number of nitrogen functional groups attached to an aromatic ring is 1. The van der Waals surface area contributed by atoms with Crippen LogP contribution in [0.5, 0.6) is 5.75 Å². The van der Waals surface area contributed by atoms with Crippen molar-refractivity contribution < 1.29 is 9.13 Å². The predicted octanol–water partition coefficient (Wildman–Crippen LogP) is 2.94. The number of ether oxygens (including phenoxy) is 1. The molecule has 3 rings (SSSR count). The summed E-state index contributed by atoms with van der Waals surface area (Å²) in [6.45, 7) is 1.56. The molecule has 2 aromatic carbocycles. The van der Waals surface area contributed by atoms with Crippen molar-refractivity contribution in [2.75, 3.05) is 17.7 Å². The first-order valence-electron chi connectivity index (χ1n) is 6.13. The molecule has 0 saturated heterocycles. The van der Waals surface area contributed by atoms with E-state index < -0.39 is 0 Å². The van der Waals surface area contributed by atoms with E-state index >= 15 is 0 Å². The second-order valence-corrected chi connectivity index (χ2v) is 4.70. The minimum absolute atomic E-state index is 0.290. The molecular formula is C15H15FN2O. The first-order chi connectivity index (χ1) is 9.17. The highest BCUT2D eigenvalue weighted by molar-refractivity contribution is 5.62. The summed E-state index contributed by atoms with van der Waals surface area (Å²) in [7, 11) is 1.56. The lowest BCUT2D eigenvalue weighted by Gasteiger charge is -2.20. The third kappa shape index (κ3) is 2.10. The molecule has 19 heavy (non-hydrogen) atoms. The Balaban J connectivity index is 1.94. The molecule has 2 aromatic rings. The van der Waals surface area contributed by atoms with Crippen LogP contribution in [0.25, 0.3) is 0 Å². The molecular weight excluding hydrogens is 243 g/mol. The van der Waals surface area contributed by atoms with Crippen LogP contribution in [0.1, 0.15) is 11.1 Å². The smallest absolute Gasteiger partial charge is 0.145 e. The summed E-state index contributed by atoms with van der Waals surface area (Å²) in [5.41, 5.74) is 9.93. The predicted molar refractivity (Wildman–Crippen MR) is 73.7 cm³/mol. The molecule has 0 amide bonds. The van der Waals surface area contributed by atoms with Gasteiger partial charge in [0.2, 0.25) is 0 Å². The molecule has 0 aromatic heterocycles. The first-order valence-corrected chi connectivity index (χ1v) is 6.13. The Bertz CT molecular complexity index is 628. The average Bonchev–Trinajstić information content (AvgIpc) is 2.81. The fourth-order valence-electron chi connectivity index (χ4n) is 2.50. The van der Waals surface area contributed by atoms with E-state index in [1.54, 1.807) is 13.2 Å². The Morgan fingerprint density at radius 2 is 1.89 bits per heavy atom. The molecule has 0 atom stereocenters. The van der Waals surface area contributed by atoms with Crippen LogP contribution in [-0.4, -0.2) is 7.11 Å². The topological polar surface area (TPSA) is 38.5 Å². The molecule has 3 nitrogen and oxygen atoms in total. The van der Waals surface area contributed by atoms with Gasteiger partial charge in [-0.1, -0.05) is 6.07 Å². The summed E-state index contributed by atoms with van der Waals surface area (Å²) >= 11 is 0. The van der Waals surface area contributed by atoms with Gasteiger partial charge in [-0.2, -0.15) is 0 Å². The van der Waals surface area contributed by atoms with Crippen molar-refractivity contribution in [3.05, 3.63) is 53.3 Å². The Labute approximate surface area is 111 Å². The lowest BCUT2D eigenvalue weighted by molar-refractivity contribution is 0.411. The molecule has 0 saturated carbocycles. The SMILES string of the molecule is COc1cc(F)ccc1N1Cc2ccc(N)cc2C1. The van der Waals surface area contributed by atoms with Gasteiger partial charge in [-0.3, -0.25) is 0 Å². The molecule has 98 valence electrons. The standard InChI is InChI=1S/C15H15FN2O/c1-19-15-7-12(16)3-5-14(15)18-8-10-2-4-13(17)6-11(10)9-18/h2-7H,8-9,17H2,1H3. The summed E-state index contributed by atoms with van der Waals surface area (Å²) < 4.78 is 18.5. The number of rotatable bonds is 2. The number of methoxy groups -OCH3 is 1. The number of benzene rings is 2. The lowest BCUT2D eigenvalue weighted by Crippen LogP contribution is -2.15. The second-order valence-electron chi connectivity index (χ2n) is 4.70. The van der Waals surface area contributed by atoms with Crippen molar-refractivity contribution in [1.29, 1.82) is 0 Å². The number of nitrogens with zero attached hydrogens (tertiary/aromatic N) is 1. The van der Waals surface area contributed by atoms with Crippen molar-refractivity contribution in [3.63, 3.8) is 0 Å². The Morgan fingerprint density at radius 1 is 1.11 bits per heavy atom. The van der Waals surface area contributed by atoms with Gasteiger partial charge < -0.3 is 15.4 Å². The van der Waals surface area contributed by atoms with Crippen molar-refractivity contribution in [3.8, 4) is 5.75 Å². The summed E-state index contributed by atoms with van der Waals surface area (Å²) in [5.74, 6) is 0.266. The Kier molecular flexibility index (Phi) is 2.78. The number of hydrogen-bond donors (Lipinski definition) is 1. The average molecular weight is 258 g/mol. The normalized spacial score (nSPS) is 13.5. The van der Waals surface area contributed by atoms with Crippen molar-refractivity contribution in [1.82, 2.24) is 0 Å². The quantitative estimate of drug-likeness (QED) is 0.842. The van der Waals surface area contributed by atoms with Crippen molar-refractivity contribution in [2.45, 2.75) is 13.1 Å². The monoisotopic (exact) mass is 258 g/mol. The molecule has 1 aliphatic rings. The maximum atomic E-state index is 13.2. The molecule has 0 radical (unpaired) electrons. The number of halogens is 1. The van der Waals surface area contributed by atoms with Gasteiger partial charge in [0, 0.05) is 24.8 Å². The highest BCUT2D eigenvalue weighted by atomic mass is 19.1. The van der Waals surface area contributed by atoms with E-state index in [9.17, 15) is 4.39 Å². The molecule has 2 N–H and O–H groups in total. The highest BCUT2D eigenvalue weighted by Gasteiger charge is 2.21. The van der Waals surface area contributed by atoms with Crippen LogP contribution in [0.3, 0.4) is 0 Å². The summed E-state index contributed by atoms with van der Waals surface area (Å²) in [5, 5.41) is 0. The third-order valence-electron chi connectivity index (χ3n) is 3.44. The van der Waals surface area contributed by atoms with E-state index in [4.69, 9.17) is 10.5 Å². The molecule has 0 unspecified atom stereocenters. The summed E-state index contributed by atoms with van der Waals surface area (Å²) in [6, 6.07) is 10.6. The number of anilines is 2. The zero-order valence-electron chi connectivity index (χ0n) is 10.7. The van der Waals surface area contributed by atoms with E-state index in [-0.39, 0.29) is 5.82 Å². The van der Waals surface area contributed by atoms with E-state index in [0.717, 1.165) is 24.5 Å². The van der Waals surface area contributed by atoms with E-state index in [1.165, 1.54) is 23.3 Å². The molecule has 1 aliphatic heterocycles. The van der Waals surface area contributed by atoms with E-state index in [2.05, 4.69) is 4.90 Å². The van der Waals surface area contributed by atoms with Crippen LogP contribution in [0.4, 0.5) is 15.8 Å². The molecule has 0 fully saturated rings. The summed E-state index contributed by atoms with van der Waals surface area (Å²) in [4.78, 5) is 2.16. The molecule has 0 bridgehead atoms.